The van der Waals surface area contributed by atoms with Crippen LogP contribution >= 0.6 is 0 Å². The molecule has 18 heavy (non-hydrogen) atoms. The summed E-state index contributed by atoms with van der Waals surface area (Å²) in [7, 11) is 0. The number of hydrogen-bond acceptors (Lipinski definition) is 2. The Morgan fingerprint density at radius 3 is 2.61 bits per heavy atom. The largest absolute Gasteiger partial charge is 0.324 e. The van der Waals surface area contributed by atoms with Crippen LogP contribution in [0.3, 0.4) is 0 Å². The Kier molecular flexibility index (Phi) is 1.75. The van der Waals surface area contributed by atoms with Gasteiger partial charge in [0.25, 0.3) is 0 Å². The van der Waals surface area contributed by atoms with E-state index in [9.17, 15) is 4.79 Å². The summed E-state index contributed by atoms with van der Waals surface area (Å²) in [6, 6.07) is 14.2. The quantitative estimate of drug-likeness (QED) is 0.637. The Hall–Kier alpha value is -2.42. The lowest BCUT2D eigenvalue weighted by Crippen LogP contribution is -2.13. The Balaban J connectivity index is 2.12. The van der Waals surface area contributed by atoms with E-state index in [2.05, 4.69) is 28.5 Å². The first kappa shape index (κ1) is 9.59. The Labute approximate surface area is 104 Å². The molecule has 4 rings (SSSR count). The molecule has 2 aliphatic rings. The smallest absolute Gasteiger partial charge is 0.246 e. The number of aliphatic imine (C=N–C) groups is 1. The van der Waals surface area contributed by atoms with Gasteiger partial charge in [0.1, 0.15) is 6.54 Å². The number of anilines is 1. The third-order valence-electron chi connectivity index (χ3n) is 3.43. The lowest BCUT2D eigenvalue weighted by atomic mass is 10.0. The van der Waals surface area contributed by atoms with Gasteiger partial charge >= 0.3 is 0 Å². The number of hydrogen-bond donors (Lipinski definition) is 1. The first-order valence-electron chi connectivity index (χ1n) is 5.92. The fraction of sp³-hybridized carbons (Fsp3) is 0.0667. The summed E-state index contributed by atoms with van der Waals surface area (Å²) < 4.78 is 0. The second-order valence-electron chi connectivity index (χ2n) is 4.49. The molecule has 0 unspecified atom stereocenters. The Morgan fingerprint density at radius 1 is 0.944 bits per heavy atom. The highest BCUT2D eigenvalue weighted by Gasteiger charge is 2.29. The zero-order valence-electron chi connectivity index (χ0n) is 9.60. The van der Waals surface area contributed by atoms with Gasteiger partial charge in [-0.05, 0) is 17.2 Å². The predicted molar refractivity (Wildman–Crippen MR) is 71.0 cm³/mol. The van der Waals surface area contributed by atoms with Crippen LogP contribution < -0.4 is 5.32 Å². The molecule has 1 aliphatic heterocycles. The number of rotatable bonds is 0. The highest BCUT2D eigenvalue weighted by atomic mass is 16.1. The lowest BCUT2D eigenvalue weighted by molar-refractivity contribution is -0.114. The molecule has 2 aromatic rings. The van der Waals surface area contributed by atoms with Crippen LogP contribution in [0.15, 0.2) is 47.5 Å². The van der Waals surface area contributed by atoms with Crippen molar-refractivity contribution in [3.8, 4) is 11.1 Å². The summed E-state index contributed by atoms with van der Waals surface area (Å²) in [6.45, 7) is 0.192. The first-order chi connectivity index (χ1) is 8.84. The normalized spacial score (nSPS) is 15.3. The molecule has 0 fully saturated rings. The summed E-state index contributed by atoms with van der Waals surface area (Å²) in [5.41, 5.74) is 6.34. The van der Waals surface area contributed by atoms with Crippen LogP contribution in [-0.2, 0) is 4.79 Å². The molecule has 0 bridgehead atoms. The molecule has 0 saturated heterocycles. The summed E-state index contributed by atoms with van der Waals surface area (Å²) in [5.74, 6) is -0.0530. The average molecular weight is 234 g/mol. The Bertz CT molecular complexity index is 716. The number of amides is 1. The van der Waals surface area contributed by atoms with Crippen LogP contribution in [0.2, 0.25) is 0 Å². The fourth-order valence-electron chi connectivity index (χ4n) is 2.70. The molecule has 1 aliphatic carbocycles. The van der Waals surface area contributed by atoms with E-state index < -0.39 is 0 Å². The maximum absolute atomic E-state index is 11.6. The molecular formula is C15H10N2O. The fourth-order valence-corrected chi connectivity index (χ4v) is 2.70. The van der Waals surface area contributed by atoms with Gasteiger partial charge in [-0.2, -0.15) is 0 Å². The molecule has 0 radical (unpaired) electrons. The van der Waals surface area contributed by atoms with Gasteiger partial charge in [0.15, 0.2) is 0 Å². The predicted octanol–water partition coefficient (Wildman–Crippen LogP) is 2.46. The van der Waals surface area contributed by atoms with Crippen LogP contribution in [0.1, 0.15) is 11.1 Å². The van der Waals surface area contributed by atoms with E-state index in [1.165, 1.54) is 5.56 Å². The summed E-state index contributed by atoms with van der Waals surface area (Å²) in [4.78, 5) is 16.1. The molecule has 1 N–H and O–H groups in total. The van der Waals surface area contributed by atoms with E-state index >= 15 is 0 Å². The highest BCUT2D eigenvalue weighted by Crippen LogP contribution is 2.41. The van der Waals surface area contributed by atoms with Crippen molar-refractivity contribution in [3.05, 3.63) is 53.6 Å². The van der Waals surface area contributed by atoms with Gasteiger partial charge in [-0.3, -0.25) is 9.79 Å². The zero-order valence-corrected chi connectivity index (χ0v) is 9.60. The minimum absolute atomic E-state index is 0.0530. The maximum Gasteiger partial charge on any atom is 0.246 e. The van der Waals surface area contributed by atoms with Crippen LogP contribution in [0, 0.1) is 0 Å². The third kappa shape index (κ3) is 1.13. The van der Waals surface area contributed by atoms with Crippen molar-refractivity contribution in [2.45, 2.75) is 0 Å². The minimum atomic E-state index is -0.0530. The minimum Gasteiger partial charge on any atom is -0.324 e. The van der Waals surface area contributed by atoms with Gasteiger partial charge in [-0.1, -0.05) is 36.4 Å². The zero-order chi connectivity index (χ0) is 12.1. The van der Waals surface area contributed by atoms with Crippen LogP contribution in [-0.4, -0.2) is 18.2 Å². The molecule has 0 saturated carbocycles. The van der Waals surface area contributed by atoms with Crippen LogP contribution in [0.25, 0.3) is 11.1 Å². The van der Waals surface area contributed by atoms with Crippen molar-refractivity contribution >= 4 is 17.3 Å². The van der Waals surface area contributed by atoms with Crippen molar-refractivity contribution < 1.29 is 4.79 Å². The van der Waals surface area contributed by atoms with Crippen molar-refractivity contribution in [3.63, 3.8) is 0 Å². The standard InChI is InChI=1S/C15H10N2O/c18-13-8-16-15-11-5-2-1-4-9(11)10-6-3-7-12(17-13)14(10)15/h1-7H,8H2,(H,17,18). The summed E-state index contributed by atoms with van der Waals surface area (Å²) in [5, 5.41) is 2.91. The average Bonchev–Trinajstić information content (AvgIpc) is 2.61. The molecule has 1 amide bonds. The first-order valence-corrected chi connectivity index (χ1v) is 5.92. The number of fused-ring (bicyclic) bond motifs is 3. The van der Waals surface area contributed by atoms with Gasteiger partial charge in [-0.15, -0.1) is 0 Å². The number of nitrogens with zero attached hydrogens (tertiary/aromatic N) is 1. The van der Waals surface area contributed by atoms with Crippen molar-refractivity contribution in [2.24, 2.45) is 4.99 Å². The molecule has 0 aromatic heterocycles. The third-order valence-corrected chi connectivity index (χ3v) is 3.43. The van der Waals surface area contributed by atoms with Gasteiger partial charge in [0.05, 0.1) is 11.4 Å². The van der Waals surface area contributed by atoms with Gasteiger partial charge in [0, 0.05) is 11.1 Å². The van der Waals surface area contributed by atoms with Crippen molar-refractivity contribution in [1.29, 1.82) is 0 Å². The van der Waals surface area contributed by atoms with E-state index in [1.807, 2.05) is 24.3 Å². The molecule has 3 nitrogen and oxygen atoms in total. The van der Waals surface area contributed by atoms with Gasteiger partial charge in [-0.25, -0.2) is 0 Å². The van der Waals surface area contributed by atoms with Crippen molar-refractivity contribution in [2.75, 3.05) is 11.9 Å². The number of benzene rings is 2. The maximum atomic E-state index is 11.6. The molecule has 2 aromatic carbocycles. The second-order valence-corrected chi connectivity index (χ2v) is 4.49. The van der Waals surface area contributed by atoms with E-state index in [0.717, 1.165) is 28.1 Å². The van der Waals surface area contributed by atoms with E-state index in [4.69, 9.17) is 0 Å². The number of carbonyl (C=O) groups is 1. The number of nitrogens with one attached hydrogen (secondary N) is 1. The molecule has 0 spiro atoms. The van der Waals surface area contributed by atoms with Crippen LogP contribution in [0.5, 0.6) is 0 Å². The monoisotopic (exact) mass is 234 g/mol. The molecule has 1 heterocycles. The summed E-state index contributed by atoms with van der Waals surface area (Å²) >= 11 is 0. The second kappa shape index (κ2) is 3.29. The van der Waals surface area contributed by atoms with Gasteiger partial charge in [0.2, 0.25) is 5.91 Å². The van der Waals surface area contributed by atoms with E-state index in [1.54, 1.807) is 0 Å². The Morgan fingerprint density at radius 2 is 1.72 bits per heavy atom. The number of carbonyl (C=O) groups excluding carboxylic acids is 1. The summed E-state index contributed by atoms with van der Waals surface area (Å²) in [6.07, 6.45) is 0. The van der Waals surface area contributed by atoms with Crippen LogP contribution in [0.4, 0.5) is 5.69 Å². The molecule has 86 valence electrons. The SMILES string of the molecule is O=C1CN=C2c3ccccc3-c3cccc(c32)N1. The van der Waals surface area contributed by atoms with E-state index in [-0.39, 0.29) is 12.5 Å². The lowest BCUT2D eigenvalue weighted by Gasteiger charge is -2.06. The van der Waals surface area contributed by atoms with E-state index in [0.29, 0.717) is 0 Å². The molecule has 0 atom stereocenters. The highest BCUT2D eigenvalue weighted by molar-refractivity contribution is 6.28. The molecule has 3 heteroatoms. The van der Waals surface area contributed by atoms with Crippen molar-refractivity contribution in [1.82, 2.24) is 0 Å². The molecular weight excluding hydrogens is 224 g/mol. The topological polar surface area (TPSA) is 41.5 Å². The van der Waals surface area contributed by atoms with Gasteiger partial charge < -0.3 is 5.32 Å².